The molecule has 0 amide bonds. The fourth-order valence-corrected chi connectivity index (χ4v) is 2.80. The van der Waals surface area contributed by atoms with E-state index in [1.807, 2.05) is 60.7 Å². The molecule has 0 aromatic heterocycles. The quantitative estimate of drug-likeness (QED) is 0.628. The SMILES string of the molecule is C=Cc1c(CN)c(Nc2ccccc2)c(N)c2ccccc12. The highest BCUT2D eigenvalue weighted by atomic mass is 14.9. The number of nitrogens with one attached hydrogen (secondary N) is 1. The van der Waals surface area contributed by atoms with Crippen LogP contribution >= 0.6 is 0 Å². The minimum absolute atomic E-state index is 0.394. The zero-order valence-electron chi connectivity index (χ0n) is 12.3. The van der Waals surface area contributed by atoms with Crippen LogP contribution in [0.3, 0.4) is 0 Å². The molecule has 3 aromatic carbocycles. The second-order valence-corrected chi connectivity index (χ2v) is 5.13. The van der Waals surface area contributed by atoms with Gasteiger partial charge in [0.2, 0.25) is 0 Å². The standard InChI is InChI=1S/C19H19N3/c1-2-14-15-10-6-7-11-16(15)18(21)19(17(14)12-20)22-13-8-4-3-5-9-13/h2-11,22H,1,12,20-21H2. The number of rotatable bonds is 4. The van der Waals surface area contributed by atoms with Crippen molar-refractivity contribution in [2.24, 2.45) is 5.73 Å². The van der Waals surface area contributed by atoms with Crippen molar-refractivity contribution in [1.82, 2.24) is 0 Å². The molecule has 3 heteroatoms. The first-order valence-corrected chi connectivity index (χ1v) is 7.24. The van der Waals surface area contributed by atoms with Crippen LogP contribution in [0.5, 0.6) is 0 Å². The summed E-state index contributed by atoms with van der Waals surface area (Å²) in [7, 11) is 0. The third kappa shape index (κ3) is 2.32. The van der Waals surface area contributed by atoms with E-state index < -0.39 is 0 Å². The third-order valence-corrected chi connectivity index (χ3v) is 3.86. The minimum atomic E-state index is 0.394. The van der Waals surface area contributed by atoms with Crippen LogP contribution in [-0.2, 0) is 6.54 Å². The molecule has 3 aromatic rings. The summed E-state index contributed by atoms with van der Waals surface area (Å²) in [6, 6.07) is 18.0. The Morgan fingerprint density at radius 1 is 0.955 bits per heavy atom. The molecular weight excluding hydrogens is 270 g/mol. The van der Waals surface area contributed by atoms with Crippen molar-refractivity contribution < 1.29 is 0 Å². The van der Waals surface area contributed by atoms with Crippen LogP contribution in [0.15, 0.2) is 61.2 Å². The zero-order chi connectivity index (χ0) is 15.5. The lowest BCUT2D eigenvalue weighted by molar-refractivity contribution is 1.07. The molecule has 3 rings (SSSR count). The number of hydrogen-bond donors (Lipinski definition) is 3. The lowest BCUT2D eigenvalue weighted by atomic mass is 9.95. The lowest BCUT2D eigenvalue weighted by Gasteiger charge is -2.19. The Hall–Kier alpha value is -2.78. The molecule has 3 nitrogen and oxygen atoms in total. The number of para-hydroxylation sites is 1. The Kier molecular flexibility index (Phi) is 3.81. The van der Waals surface area contributed by atoms with Crippen molar-refractivity contribution in [2.75, 3.05) is 11.1 Å². The molecule has 0 spiro atoms. The largest absolute Gasteiger partial charge is 0.397 e. The highest BCUT2D eigenvalue weighted by molar-refractivity contribution is 6.06. The highest BCUT2D eigenvalue weighted by Crippen LogP contribution is 2.38. The molecule has 0 bridgehead atoms. The number of hydrogen-bond acceptors (Lipinski definition) is 3. The third-order valence-electron chi connectivity index (χ3n) is 3.86. The van der Waals surface area contributed by atoms with E-state index in [-0.39, 0.29) is 0 Å². The van der Waals surface area contributed by atoms with Gasteiger partial charge in [-0.15, -0.1) is 0 Å². The Morgan fingerprint density at radius 2 is 1.59 bits per heavy atom. The van der Waals surface area contributed by atoms with Crippen LogP contribution in [0.25, 0.3) is 16.8 Å². The number of nitrogen functional groups attached to an aromatic ring is 1. The van der Waals surface area contributed by atoms with Crippen LogP contribution in [0.2, 0.25) is 0 Å². The summed E-state index contributed by atoms with van der Waals surface area (Å²) in [4.78, 5) is 0. The lowest BCUT2D eigenvalue weighted by Crippen LogP contribution is -2.08. The van der Waals surface area contributed by atoms with Crippen LogP contribution in [0.1, 0.15) is 11.1 Å². The summed E-state index contributed by atoms with van der Waals surface area (Å²) in [5.74, 6) is 0. The van der Waals surface area contributed by atoms with Crippen molar-refractivity contribution in [2.45, 2.75) is 6.54 Å². The maximum absolute atomic E-state index is 6.41. The first-order valence-electron chi connectivity index (χ1n) is 7.24. The van der Waals surface area contributed by atoms with E-state index >= 15 is 0 Å². The Labute approximate surface area is 130 Å². The smallest absolute Gasteiger partial charge is 0.0676 e. The first-order chi connectivity index (χ1) is 10.8. The van der Waals surface area contributed by atoms with E-state index in [4.69, 9.17) is 11.5 Å². The topological polar surface area (TPSA) is 64.1 Å². The van der Waals surface area contributed by atoms with Gasteiger partial charge in [-0.1, -0.05) is 55.1 Å². The van der Waals surface area contributed by atoms with Gasteiger partial charge in [0.1, 0.15) is 0 Å². The molecule has 0 heterocycles. The molecule has 0 atom stereocenters. The van der Waals surface area contributed by atoms with Crippen LogP contribution in [0, 0.1) is 0 Å². The number of fused-ring (bicyclic) bond motifs is 1. The van der Waals surface area contributed by atoms with Gasteiger partial charge in [-0.25, -0.2) is 0 Å². The number of benzene rings is 3. The van der Waals surface area contributed by atoms with Gasteiger partial charge in [-0.2, -0.15) is 0 Å². The molecule has 0 aliphatic heterocycles. The molecule has 110 valence electrons. The van der Waals surface area contributed by atoms with Gasteiger partial charge in [-0.3, -0.25) is 0 Å². The fourth-order valence-electron chi connectivity index (χ4n) is 2.80. The predicted octanol–water partition coefficient (Wildman–Crippen LogP) is 4.27. The molecule has 0 saturated carbocycles. The number of anilines is 3. The highest BCUT2D eigenvalue weighted by Gasteiger charge is 2.15. The monoisotopic (exact) mass is 289 g/mol. The average Bonchev–Trinajstić information content (AvgIpc) is 2.58. The molecule has 0 unspecified atom stereocenters. The van der Waals surface area contributed by atoms with E-state index in [2.05, 4.69) is 11.9 Å². The van der Waals surface area contributed by atoms with Crippen molar-refractivity contribution in [3.8, 4) is 0 Å². The second kappa shape index (κ2) is 5.92. The molecule has 0 fully saturated rings. The average molecular weight is 289 g/mol. The summed E-state index contributed by atoms with van der Waals surface area (Å²) in [5.41, 5.74) is 17.0. The van der Waals surface area contributed by atoms with Crippen molar-refractivity contribution >= 4 is 33.9 Å². The summed E-state index contributed by atoms with van der Waals surface area (Å²) < 4.78 is 0. The Bertz CT molecular complexity index is 823. The molecule has 5 N–H and O–H groups in total. The van der Waals surface area contributed by atoms with Crippen LogP contribution < -0.4 is 16.8 Å². The van der Waals surface area contributed by atoms with Gasteiger partial charge in [-0.05, 0) is 28.6 Å². The van der Waals surface area contributed by atoms with Gasteiger partial charge in [0, 0.05) is 17.6 Å². The Morgan fingerprint density at radius 3 is 2.23 bits per heavy atom. The van der Waals surface area contributed by atoms with E-state index in [0.29, 0.717) is 12.2 Å². The zero-order valence-corrected chi connectivity index (χ0v) is 12.3. The second-order valence-electron chi connectivity index (χ2n) is 5.13. The maximum atomic E-state index is 6.41. The molecule has 0 aliphatic rings. The molecule has 22 heavy (non-hydrogen) atoms. The Balaban J connectivity index is 2.28. The molecule has 0 aliphatic carbocycles. The fraction of sp³-hybridized carbons (Fsp3) is 0.0526. The van der Waals surface area contributed by atoms with Crippen molar-refractivity contribution in [3.63, 3.8) is 0 Å². The van der Waals surface area contributed by atoms with Crippen LogP contribution in [0.4, 0.5) is 17.1 Å². The number of nitrogens with two attached hydrogens (primary N) is 2. The van der Waals surface area contributed by atoms with Crippen molar-refractivity contribution in [1.29, 1.82) is 0 Å². The van der Waals surface area contributed by atoms with Crippen molar-refractivity contribution in [3.05, 3.63) is 72.3 Å². The van der Waals surface area contributed by atoms with E-state index in [0.717, 1.165) is 33.3 Å². The predicted molar refractivity (Wildman–Crippen MR) is 96.1 cm³/mol. The van der Waals surface area contributed by atoms with E-state index in [1.165, 1.54) is 0 Å². The van der Waals surface area contributed by atoms with Gasteiger partial charge in [0.15, 0.2) is 0 Å². The normalized spacial score (nSPS) is 10.6. The summed E-state index contributed by atoms with van der Waals surface area (Å²) in [5, 5.41) is 5.49. The van der Waals surface area contributed by atoms with E-state index in [1.54, 1.807) is 0 Å². The summed E-state index contributed by atoms with van der Waals surface area (Å²) in [6.45, 7) is 4.34. The molecular formula is C19H19N3. The maximum Gasteiger partial charge on any atom is 0.0676 e. The van der Waals surface area contributed by atoms with E-state index in [9.17, 15) is 0 Å². The van der Waals surface area contributed by atoms with Crippen LogP contribution in [-0.4, -0.2) is 0 Å². The first kappa shape index (κ1) is 14.2. The van der Waals surface area contributed by atoms with Gasteiger partial charge >= 0.3 is 0 Å². The van der Waals surface area contributed by atoms with Gasteiger partial charge < -0.3 is 16.8 Å². The summed E-state index contributed by atoms with van der Waals surface area (Å²) in [6.07, 6.45) is 1.85. The van der Waals surface area contributed by atoms with Gasteiger partial charge in [0.05, 0.1) is 11.4 Å². The minimum Gasteiger partial charge on any atom is -0.397 e. The van der Waals surface area contributed by atoms with Gasteiger partial charge in [0.25, 0.3) is 0 Å². The molecule has 0 saturated heterocycles. The molecule has 0 radical (unpaired) electrons. The summed E-state index contributed by atoms with van der Waals surface area (Å²) >= 11 is 0.